The highest BCUT2D eigenvalue weighted by Gasteiger charge is 2.12. The van der Waals surface area contributed by atoms with Gasteiger partial charge in [-0.15, -0.1) is 0 Å². The van der Waals surface area contributed by atoms with Gasteiger partial charge in [0, 0.05) is 24.0 Å². The van der Waals surface area contributed by atoms with Gasteiger partial charge in [0.2, 0.25) is 5.91 Å². The van der Waals surface area contributed by atoms with Gasteiger partial charge in [-0.1, -0.05) is 12.1 Å². The van der Waals surface area contributed by atoms with E-state index in [2.05, 4.69) is 23.6 Å². The predicted molar refractivity (Wildman–Crippen MR) is 76.3 cm³/mol. The van der Waals surface area contributed by atoms with Crippen molar-refractivity contribution >= 4 is 16.9 Å². The number of hydrogen-bond acceptors (Lipinski definition) is 3. The summed E-state index contributed by atoms with van der Waals surface area (Å²) in [7, 11) is 1.86. The molecule has 0 aliphatic heterocycles. The lowest BCUT2D eigenvalue weighted by Crippen LogP contribution is -2.31. The van der Waals surface area contributed by atoms with E-state index in [1.54, 1.807) is 6.26 Å². The smallest absolute Gasteiger partial charge is 0.224 e. The SMILES string of the molecule is CNCCNC(=O)Cc1coc2c(C)c(C)ccc12. The van der Waals surface area contributed by atoms with Crippen molar-refractivity contribution in [3.63, 3.8) is 0 Å². The Labute approximate surface area is 113 Å². The van der Waals surface area contributed by atoms with E-state index in [4.69, 9.17) is 4.42 Å². The summed E-state index contributed by atoms with van der Waals surface area (Å²) in [6.07, 6.45) is 2.05. The number of hydrogen-bond donors (Lipinski definition) is 2. The molecule has 2 rings (SSSR count). The molecule has 1 amide bonds. The van der Waals surface area contributed by atoms with Crippen LogP contribution in [-0.4, -0.2) is 26.0 Å². The Kier molecular flexibility index (Phi) is 4.22. The van der Waals surface area contributed by atoms with Crippen molar-refractivity contribution in [1.82, 2.24) is 10.6 Å². The number of furan rings is 1. The molecule has 0 aliphatic rings. The van der Waals surface area contributed by atoms with Gasteiger partial charge in [0.05, 0.1) is 12.7 Å². The van der Waals surface area contributed by atoms with E-state index in [9.17, 15) is 4.79 Å². The second-order valence-electron chi connectivity index (χ2n) is 4.78. The minimum absolute atomic E-state index is 0.0242. The first-order valence-corrected chi connectivity index (χ1v) is 6.51. The average molecular weight is 260 g/mol. The number of amides is 1. The van der Waals surface area contributed by atoms with Crippen LogP contribution in [0.25, 0.3) is 11.0 Å². The molecule has 1 aromatic carbocycles. The summed E-state index contributed by atoms with van der Waals surface area (Å²) in [6, 6.07) is 4.09. The molecule has 1 aromatic heterocycles. The lowest BCUT2D eigenvalue weighted by molar-refractivity contribution is -0.120. The first-order valence-electron chi connectivity index (χ1n) is 6.51. The number of carbonyl (C=O) groups excluding carboxylic acids is 1. The first-order chi connectivity index (χ1) is 9.13. The van der Waals surface area contributed by atoms with E-state index < -0.39 is 0 Å². The fourth-order valence-electron chi connectivity index (χ4n) is 2.09. The van der Waals surface area contributed by atoms with Gasteiger partial charge < -0.3 is 15.1 Å². The highest BCUT2D eigenvalue weighted by atomic mass is 16.3. The normalized spacial score (nSPS) is 10.9. The second kappa shape index (κ2) is 5.89. The molecular weight excluding hydrogens is 240 g/mol. The van der Waals surface area contributed by atoms with Crippen LogP contribution in [0.4, 0.5) is 0 Å². The van der Waals surface area contributed by atoms with Crippen LogP contribution in [-0.2, 0) is 11.2 Å². The van der Waals surface area contributed by atoms with Crippen molar-refractivity contribution in [2.75, 3.05) is 20.1 Å². The molecule has 19 heavy (non-hydrogen) atoms. The van der Waals surface area contributed by atoms with Crippen molar-refractivity contribution in [3.8, 4) is 0 Å². The zero-order chi connectivity index (χ0) is 13.8. The van der Waals surface area contributed by atoms with Crippen molar-refractivity contribution < 1.29 is 9.21 Å². The zero-order valence-electron chi connectivity index (χ0n) is 11.7. The van der Waals surface area contributed by atoms with Gasteiger partial charge in [-0.2, -0.15) is 0 Å². The second-order valence-corrected chi connectivity index (χ2v) is 4.78. The molecule has 102 valence electrons. The molecule has 2 N–H and O–H groups in total. The maximum Gasteiger partial charge on any atom is 0.224 e. The molecule has 0 saturated carbocycles. The Morgan fingerprint density at radius 2 is 2.05 bits per heavy atom. The van der Waals surface area contributed by atoms with Gasteiger partial charge in [-0.25, -0.2) is 0 Å². The monoisotopic (exact) mass is 260 g/mol. The molecule has 2 aromatic rings. The third-order valence-corrected chi connectivity index (χ3v) is 3.39. The predicted octanol–water partition coefficient (Wildman–Crippen LogP) is 1.93. The van der Waals surface area contributed by atoms with Gasteiger partial charge in [0.15, 0.2) is 0 Å². The van der Waals surface area contributed by atoms with Gasteiger partial charge in [0.1, 0.15) is 5.58 Å². The maximum absolute atomic E-state index is 11.8. The van der Waals surface area contributed by atoms with Crippen LogP contribution in [0, 0.1) is 13.8 Å². The molecule has 0 bridgehead atoms. The third kappa shape index (κ3) is 2.96. The molecule has 0 spiro atoms. The molecule has 4 heteroatoms. The fourth-order valence-corrected chi connectivity index (χ4v) is 2.09. The summed E-state index contributed by atoms with van der Waals surface area (Å²) >= 11 is 0. The Bertz CT molecular complexity index is 587. The van der Waals surface area contributed by atoms with E-state index >= 15 is 0 Å². The van der Waals surface area contributed by atoms with Crippen LogP contribution in [0.3, 0.4) is 0 Å². The van der Waals surface area contributed by atoms with E-state index in [-0.39, 0.29) is 5.91 Å². The van der Waals surface area contributed by atoms with E-state index in [1.807, 2.05) is 20.0 Å². The quantitative estimate of drug-likeness (QED) is 0.808. The minimum atomic E-state index is 0.0242. The van der Waals surface area contributed by atoms with Gasteiger partial charge in [0.25, 0.3) is 0 Å². The third-order valence-electron chi connectivity index (χ3n) is 3.39. The van der Waals surface area contributed by atoms with Gasteiger partial charge in [-0.05, 0) is 32.0 Å². The van der Waals surface area contributed by atoms with E-state index in [0.29, 0.717) is 13.0 Å². The summed E-state index contributed by atoms with van der Waals surface area (Å²) in [6.45, 7) is 5.51. The van der Waals surface area contributed by atoms with Crippen molar-refractivity contribution in [2.45, 2.75) is 20.3 Å². The summed E-state index contributed by atoms with van der Waals surface area (Å²) in [5.41, 5.74) is 4.17. The molecule has 4 nitrogen and oxygen atoms in total. The van der Waals surface area contributed by atoms with Crippen molar-refractivity contribution in [3.05, 3.63) is 35.1 Å². The fraction of sp³-hybridized carbons (Fsp3) is 0.400. The maximum atomic E-state index is 11.8. The number of likely N-dealkylation sites (N-methyl/N-ethyl adjacent to an activating group) is 1. The topological polar surface area (TPSA) is 54.3 Å². The van der Waals surface area contributed by atoms with Gasteiger partial charge in [-0.3, -0.25) is 4.79 Å². The number of fused-ring (bicyclic) bond motifs is 1. The molecule has 1 heterocycles. The highest BCUT2D eigenvalue weighted by molar-refractivity contribution is 5.89. The van der Waals surface area contributed by atoms with Crippen LogP contribution in [0.5, 0.6) is 0 Å². The van der Waals surface area contributed by atoms with E-state index in [1.165, 1.54) is 5.56 Å². The number of aryl methyl sites for hydroxylation is 2. The summed E-state index contributed by atoms with van der Waals surface area (Å²) in [4.78, 5) is 11.8. The highest BCUT2D eigenvalue weighted by Crippen LogP contribution is 2.26. The standard InChI is InChI=1S/C15H20N2O2/c1-10-4-5-13-12(9-19-15(13)11(10)2)8-14(18)17-7-6-16-3/h4-5,9,16H,6-8H2,1-3H3,(H,17,18). The number of benzene rings is 1. The lowest BCUT2D eigenvalue weighted by Gasteiger charge is -2.04. The number of nitrogens with one attached hydrogen (secondary N) is 2. The van der Waals surface area contributed by atoms with Crippen LogP contribution < -0.4 is 10.6 Å². The average Bonchev–Trinajstić information content (AvgIpc) is 2.78. The molecule has 0 aliphatic carbocycles. The molecule has 0 fully saturated rings. The zero-order valence-corrected chi connectivity index (χ0v) is 11.7. The Morgan fingerprint density at radius 3 is 2.79 bits per heavy atom. The van der Waals surface area contributed by atoms with Crippen molar-refractivity contribution in [1.29, 1.82) is 0 Å². The van der Waals surface area contributed by atoms with Crippen molar-refractivity contribution in [2.24, 2.45) is 0 Å². The van der Waals surface area contributed by atoms with Crippen LogP contribution in [0.2, 0.25) is 0 Å². The summed E-state index contributed by atoms with van der Waals surface area (Å²) < 4.78 is 5.59. The molecule has 0 saturated heterocycles. The van der Waals surface area contributed by atoms with E-state index in [0.717, 1.165) is 28.6 Å². The van der Waals surface area contributed by atoms with Crippen LogP contribution in [0.15, 0.2) is 22.8 Å². The van der Waals surface area contributed by atoms with Crippen LogP contribution >= 0.6 is 0 Å². The molecule has 0 radical (unpaired) electrons. The Balaban J connectivity index is 2.13. The number of rotatable bonds is 5. The largest absolute Gasteiger partial charge is 0.464 e. The Morgan fingerprint density at radius 1 is 1.26 bits per heavy atom. The minimum Gasteiger partial charge on any atom is -0.464 e. The number of carbonyl (C=O) groups is 1. The molecule has 0 unspecified atom stereocenters. The lowest BCUT2D eigenvalue weighted by atomic mass is 10.0. The van der Waals surface area contributed by atoms with Gasteiger partial charge >= 0.3 is 0 Å². The first kappa shape index (κ1) is 13.6. The molecular formula is C15H20N2O2. The molecule has 0 atom stereocenters. The Hall–Kier alpha value is -1.81. The summed E-state index contributed by atoms with van der Waals surface area (Å²) in [5, 5.41) is 6.90. The van der Waals surface area contributed by atoms with Crippen LogP contribution in [0.1, 0.15) is 16.7 Å². The summed E-state index contributed by atoms with van der Waals surface area (Å²) in [5.74, 6) is 0.0242.